The molecule has 1 rings (SSSR count). The number of benzene rings is 1. The molecule has 0 aromatic heterocycles. The molecule has 0 saturated heterocycles. The standard InChI is InChI=1S/C15H15ClN4O3/c1-9(18-8-11-5-3-4-6-13(11)16)12(7-17)14(22)20-15(23)19-10(2)21/h3-6,18H,8H2,1-2H3,(H2,19,20,21,22,23). The van der Waals surface area contributed by atoms with E-state index in [1.54, 1.807) is 24.3 Å². The molecule has 0 radical (unpaired) electrons. The summed E-state index contributed by atoms with van der Waals surface area (Å²) in [5.74, 6) is -1.53. The molecule has 0 atom stereocenters. The molecule has 1 aromatic carbocycles. The Bertz CT molecular complexity index is 707. The van der Waals surface area contributed by atoms with Gasteiger partial charge in [0.05, 0.1) is 0 Å². The molecule has 0 unspecified atom stereocenters. The fraction of sp³-hybridized carbons (Fsp3) is 0.200. The maximum Gasteiger partial charge on any atom is 0.328 e. The number of imide groups is 2. The number of nitrogens with one attached hydrogen (secondary N) is 3. The zero-order valence-corrected chi connectivity index (χ0v) is 13.3. The highest BCUT2D eigenvalue weighted by Gasteiger charge is 2.16. The Labute approximate surface area is 138 Å². The first-order chi connectivity index (χ1) is 10.8. The van der Waals surface area contributed by atoms with Gasteiger partial charge in [-0.25, -0.2) is 4.79 Å². The SMILES string of the molecule is CC(=O)NC(=O)NC(=O)C(C#N)=C(C)NCc1ccccc1Cl. The number of amides is 4. The first kappa shape index (κ1) is 18.2. The third-order valence-corrected chi connectivity index (χ3v) is 3.10. The molecule has 1 aromatic rings. The van der Waals surface area contributed by atoms with Crippen LogP contribution in [0, 0.1) is 11.3 Å². The van der Waals surface area contributed by atoms with Crippen molar-refractivity contribution in [3.8, 4) is 6.07 Å². The predicted molar refractivity (Wildman–Crippen MR) is 84.0 cm³/mol. The Hall–Kier alpha value is -2.85. The first-order valence-corrected chi connectivity index (χ1v) is 6.94. The molecule has 23 heavy (non-hydrogen) atoms. The summed E-state index contributed by atoms with van der Waals surface area (Å²) in [4.78, 5) is 33.9. The number of halogens is 1. The van der Waals surface area contributed by atoms with Gasteiger partial charge in [-0.05, 0) is 18.6 Å². The van der Waals surface area contributed by atoms with Crippen molar-refractivity contribution < 1.29 is 14.4 Å². The van der Waals surface area contributed by atoms with E-state index in [9.17, 15) is 14.4 Å². The molecule has 0 spiro atoms. The Morgan fingerprint density at radius 2 is 1.83 bits per heavy atom. The predicted octanol–water partition coefficient (Wildman–Crippen LogP) is 1.60. The fourth-order valence-corrected chi connectivity index (χ4v) is 1.82. The second kappa shape index (κ2) is 8.56. The Morgan fingerprint density at radius 3 is 2.39 bits per heavy atom. The van der Waals surface area contributed by atoms with Gasteiger partial charge in [0.1, 0.15) is 11.6 Å². The zero-order valence-electron chi connectivity index (χ0n) is 12.6. The molecule has 120 valence electrons. The number of nitrogens with zero attached hydrogens (tertiary/aromatic N) is 1. The summed E-state index contributed by atoms with van der Waals surface area (Å²) >= 11 is 6.02. The third-order valence-electron chi connectivity index (χ3n) is 2.73. The van der Waals surface area contributed by atoms with Crippen LogP contribution in [0.5, 0.6) is 0 Å². The van der Waals surface area contributed by atoms with Crippen LogP contribution in [-0.4, -0.2) is 17.8 Å². The molecule has 0 bridgehead atoms. The Morgan fingerprint density at radius 1 is 1.17 bits per heavy atom. The fourth-order valence-electron chi connectivity index (χ4n) is 1.62. The molecule has 0 aliphatic heterocycles. The van der Waals surface area contributed by atoms with E-state index in [0.717, 1.165) is 12.5 Å². The largest absolute Gasteiger partial charge is 0.383 e. The lowest BCUT2D eigenvalue weighted by Gasteiger charge is -2.10. The molecule has 0 saturated carbocycles. The van der Waals surface area contributed by atoms with Gasteiger partial charge in [-0.3, -0.25) is 20.2 Å². The molecule has 4 amide bonds. The summed E-state index contributed by atoms with van der Waals surface area (Å²) in [6, 6.07) is 7.85. The molecule has 3 N–H and O–H groups in total. The van der Waals surface area contributed by atoms with Crippen molar-refractivity contribution in [2.75, 3.05) is 0 Å². The highest BCUT2D eigenvalue weighted by atomic mass is 35.5. The smallest absolute Gasteiger partial charge is 0.328 e. The quantitative estimate of drug-likeness (QED) is 0.572. The topological polar surface area (TPSA) is 111 Å². The summed E-state index contributed by atoms with van der Waals surface area (Å²) in [7, 11) is 0. The zero-order chi connectivity index (χ0) is 17.4. The summed E-state index contributed by atoms with van der Waals surface area (Å²) < 4.78 is 0. The van der Waals surface area contributed by atoms with Crippen LogP contribution in [0.1, 0.15) is 19.4 Å². The first-order valence-electron chi connectivity index (χ1n) is 6.56. The summed E-state index contributed by atoms with van der Waals surface area (Å²) in [6.07, 6.45) is 0. The van der Waals surface area contributed by atoms with Gasteiger partial charge in [0.2, 0.25) is 5.91 Å². The van der Waals surface area contributed by atoms with Crippen molar-refractivity contribution in [2.24, 2.45) is 0 Å². The molecular formula is C15H15ClN4O3. The number of hydrogen-bond acceptors (Lipinski definition) is 5. The van der Waals surface area contributed by atoms with E-state index in [1.807, 2.05) is 16.7 Å². The number of rotatable bonds is 4. The molecule has 0 heterocycles. The van der Waals surface area contributed by atoms with Crippen LogP contribution in [-0.2, 0) is 16.1 Å². The van der Waals surface area contributed by atoms with Crippen LogP contribution in [0.3, 0.4) is 0 Å². The van der Waals surface area contributed by atoms with Crippen LogP contribution in [0.15, 0.2) is 35.5 Å². The van der Waals surface area contributed by atoms with E-state index in [-0.39, 0.29) is 11.3 Å². The number of nitriles is 1. The van der Waals surface area contributed by atoms with Gasteiger partial charge in [0.15, 0.2) is 0 Å². The molecule has 8 heteroatoms. The second-order valence-corrected chi connectivity index (χ2v) is 4.93. The second-order valence-electron chi connectivity index (χ2n) is 4.52. The van der Waals surface area contributed by atoms with Crippen LogP contribution >= 0.6 is 11.6 Å². The van der Waals surface area contributed by atoms with Gasteiger partial charge in [-0.1, -0.05) is 29.8 Å². The lowest BCUT2D eigenvalue weighted by atomic mass is 10.2. The molecular weight excluding hydrogens is 320 g/mol. The van der Waals surface area contributed by atoms with Crippen molar-refractivity contribution in [3.05, 3.63) is 46.1 Å². The van der Waals surface area contributed by atoms with E-state index in [2.05, 4.69) is 5.32 Å². The van der Waals surface area contributed by atoms with E-state index in [1.165, 1.54) is 6.92 Å². The highest BCUT2D eigenvalue weighted by Crippen LogP contribution is 2.15. The summed E-state index contributed by atoms with van der Waals surface area (Å²) in [5, 5.41) is 16.3. The minimum Gasteiger partial charge on any atom is -0.383 e. The average Bonchev–Trinajstić information content (AvgIpc) is 2.46. The Balaban J connectivity index is 2.77. The molecule has 0 fully saturated rings. The average molecular weight is 335 g/mol. The van der Waals surface area contributed by atoms with E-state index >= 15 is 0 Å². The van der Waals surface area contributed by atoms with Gasteiger partial charge in [0.25, 0.3) is 5.91 Å². The van der Waals surface area contributed by atoms with Crippen molar-refractivity contribution in [1.82, 2.24) is 16.0 Å². The van der Waals surface area contributed by atoms with E-state index in [4.69, 9.17) is 16.9 Å². The van der Waals surface area contributed by atoms with Crippen molar-refractivity contribution >= 4 is 29.4 Å². The molecule has 0 aliphatic carbocycles. The van der Waals surface area contributed by atoms with E-state index < -0.39 is 17.8 Å². The van der Waals surface area contributed by atoms with Crippen LogP contribution in [0.2, 0.25) is 5.02 Å². The number of hydrogen-bond donors (Lipinski definition) is 3. The summed E-state index contributed by atoms with van der Waals surface area (Å²) in [5.41, 5.74) is 0.803. The van der Waals surface area contributed by atoms with Gasteiger partial charge in [0, 0.05) is 24.2 Å². The maximum absolute atomic E-state index is 11.9. The van der Waals surface area contributed by atoms with Crippen molar-refractivity contribution in [3.63, 3.8) is 0 Å². The lowest BCUT2D eigenvalue weighted by molar-refractivity contribution is -0.118. The van der Waals surface area contributed by atoms with Gasteiger partial charge >= 0.3 is 6.03 Å². The number of urea groups is 1. The number of carbonyl (C=O) groups is 3. The van der Waals surface area contributed by atoms with Crippen molar-refractivity contribution in [2.45, 2.75) is 20.4 Å². The van der Waals surface area contributed by atoms with E-state index in [0.29, 0.717) is 11.6 Å². The van der Waals surface area contributed by atoms with Gasteiger partial charge < -0.3 is 5.32 Å². The number of allylic oxidation sites excluding steroid dienone is 1. The molecule has 7 nitrogen and oxygen atoms in total. The third kappa shape index (κ3) is 5.80. The molecule has 0 aliphatic rings. The highest BCUT2D eigenvalue weighted by molar-refractivity contribution is 6.31. The number of carbonyl (C=O) groups excluding carboxylic acids is 3. The normalized spacial score (nSPS) is 10.9. The summed E-state index contributed by atoms with van der Waals surface area (Å²) in [6.45, 7) is 2.96. The minimum atomic E-state index is -0.992. The van der Waals surface area contributed by atoms with Gasteiger partial charge in [-0.15, -0.1) is 0 Å². The van der Waals surface area contributed by atoms with Crippen LogP contribution < -0.4 is 16.0 Å². The van der Waals surface area contributed by atoms with Crippen LogP contribution in [0.4, 0.5) is 4.79 Å². The minimum absolute atomic E-state index is 0.268. The Kier molecular flexibility index (Phi) is 6.77. The van der Waals surface area contributed by atoms with Crippen LogP contribution in [0.25, 0.3) is 0 Å². The van der Waals surface area contributed by atoms with Gasteiger partial charge in [-0.2, -0.15) is 5.26 Å². The monoisotopic (exact) mass is 334 g/mol. The van der Waals surface area contributed by atoms with Crippen molar-refractivity contribution in [1.29, 1.82) is 5.26 Å². The lowest BCUT2D eigenvalue weighted by Crippen LogP contribution is -2.42. The maximum atomic E-state index is 11.9.